The van der Waals surface area contributed by atoms with E-state index in [2.05, 4.69) is 26.1 Å². The number of benzene rings is 1. The Labute approximate surface area is 156 Å². The van der Waals surface area contributed by atoms with Crippen molar-refractivity contribution in [2.24, 2.45) is 0 Å². The Balaban J connectivity index is 2.09. The Morgan fingerprint density at radius 2 is 1.73 bits per heavy atom. The second-order valence-corrected chi connectivity index (χ2v) is 7.68. The second-order valence-electron chi connectivity index (χ2n) is 7.68. The lowest BCUT2D eigenvalue weighted by Crippen LogP contribution is -2.53. The van der Waals surface area contributed by atoms with Crippen molar-refractivity contribution in [2.75, 3.05) is 39.8 Å². The zero-order valence-corrected chi connectivity index (χ0v) is 16.6. The highest BCUT2D eigenvalue weighted by Crippen LogP contribution is 2.29. The van der Waals surface area contributed by atoms with Crippen LogP contribution in [-0.2, 0) is 5.41 Å². The number of rotatable bonds is 4. The van der Waals surface area contributed by atoms with Crippen molar-refractivity contribution in [3.05, 3.63) is 29.3 Å². The molecule has 0 radical (unpaired) electrons. The van der Waals surface area contributed by atoms with Gasteiger partial charge in [-0.2, -0.15) is 0 Å². The van der Waals surface area contributed by atoms with E-state index in [1.54, 1.807) is 16.9 Å². The van der Waals surface area contributed by atoms with Crippen LogP contribution in [0, 0.1) is 0 Å². The number of amides is 3. The van der Waals surface area contributed by atoms with Crippen molar-refractivity contribution < 1.29 is 14.3 Å². The second kappa shape index (κ2) is 8.43. The van der Waals surface area contributed by atoms with Gasteiger partial charge in [0, 0.05) is 32.7 Å². The Bertz CT molecular complexity index is 644. The van der Waals surface area contributed by atoms with Gasteiger partial charge in [-0.25, -0.2) is 4.79 Å². The lowest BCUT2D eigenvalue weighted by molar-refractivity contribution is 0.0661. The molecule has 1 aliphatic rings. The molecule has 1 aliphatic heterocycles. The number of urea groups is 1. The fraction of sp³-hybridized carbons (Fsp3) is 0.600. The summed E-state index contributed by atoms with van der Waals surface area (Å²) >= 11 is 0. The molecule has 26 heavy (non-hydrogen) atoms. The molecule has 1 heterocycles. The number of ether oxygens (including phenoxy) is 1. The zero-order chi connectivity index (χ0) is 19.3. The van der Waals surface area contributed by atoms with Crippen molar-refractivity contribution in [2.45, 2.75) is 39.5 Å². The Morgan fingerprint density at radius 3 is 2.27 bits per heavy atom. The summed E-state index contributed by atoms with van der Waals surface area (Å²) in [6, 6.07) is 5.75. The first-order valence-corrected chi connectivity index (χ1v) is 9.28. The molecular formula is C20H31N3O3. The molecule has 1 aromatic carbocycles. The molecule has 1 fully saturated rings. The van der Waals surface area contributed by atoms with Crippen LogP contribution in [0.25, 0.3) is 0 Å². The van der Waals surface area contributed by atoms with Gasteiger partial charge in [-0.3, -0.25) is 4.79 Å². The third-order valence-electron chi connectivity index (χ3n) is 4.68. The monoisotopic (exact) mass is 361 g/mol. The largest absolute Gasteiger partial charge is 0.496 e. The van der Waals surface area contributed by atoms with Gasteiger partial charge < -0.3 is 19.9 Å². The first kappa shape index (κ1) is 20.1. The molecule has 1 aromatic rings. The van der Waals surface area contributed by atoms with Crippen LogP contribution in [0.2, 0.25) is 0 Å². The minimum atomic E-state index is -0.0498. The van der Waals surface area contributed by atoms with E-state index in [-0.39, 0.29) is 17.4 Å². The van der Waals surface area contributed by atoms with Gasteiger partial charge in [-0.15, -0.1) is 0 Å². The molecule has 6 nitrogen and oxygen atoms in total. The molecule has 144 valence electrons. The van der Waals surface area contributed by atoms with E-state index in [0.717, 1.165) is 12.0 Å². The van der Waals surface area contributed by atoms with Gasteiger partial charge >= 0.3 is 6.03 Å². The average molecular weight is 361 g/mol. The van der Waals surface area contributed by atoms with Crippen LogP contribution < -0.4 is 10.1 Å². The molecule has 1 N–H and O–H groups in total. The minimum Gasteiger partial charge on any atom is -0.496 e. The number of nitrogens with one attached hydrogen (secondary N) is 1. The van der Waals surface area contributed by atoms with Gasteiger partial charge in [-0.05, 0) is 29.5 Å². The molecule has 1 saturated heterocycles. The first-order valence-electron chi connectivity index (χ1n) is 9.28. The first-order chi connectivity index (χ1) is 12.3. The highest BCUT2D eigenvalue weighted by atomic mass is 16.5. The van der Waals surface area contributed by atoms with Crippen molar-refractivity contribution >= 4 is 11.9 Å². The molecule has 0 aliphatic carbocycles. The van der Waals surface area contributed by atoms with Gasteiger partial charge in [0.25, 0.3) is 5.91 Å². The van der Waals surface area contributed by atoms with Crippen LogP contribution >= 0.6 is 0 Å². The maximum atomic E-state index is 13.0. The quantitative estimate of drug-likeness (QED) is 0.897. The molecule has 3 amide bonds. The fourth-order valence-electron chi connectivity index (χ4n) is 2.97. The molecular weight excluding hydrogens is 330 g/mol. The summed E-state index contributed by atoms with van der Waals surface area (Å²) in [6.45, 7) is 11.2. The highest BCUT2D eigenvalue weighted by molar-refractivity contribution is 5.97. The van der Waals surface area contributed by atoms with Gasteiger partial charge in [0.1, 0.15) is 5.75 Å². The number of carbonyl (C=O) groups excluding carboxylic acids is 2. The predicted octanol–water partition coefficient (Wildman–Crippen LogP) is 2.87. The van der Waals surface area contributed by atoms with Crippen LogP contribution in [0.15, 0.2) is 18.2 Å². The SMILES string of the molecule is CCCNC(=O)N1CCN(C(=O)c2cc(C(C)(C)C)ccc2OC)CC1. The van der Waals surface area contributed by atoms with E-state index in [1.807, 2.05) is 25.1 Å². The predicted molar refractivity (Wildman–Crippen MR) is 103 cm³/mol. The number of methoxy groups -OCH3 is 1. The van der Waals surface area contributed by atoms with Gasteiger partial charge in [-0.1, -0.05) is 33.8 Å². The van der Waals surface area contributed by atoms with Crippen molar-refractivity contribution in [1.82, 2.24) is 15.1 Å². The van der Waals surface area contributed by atoms with Crippen LogP contribution in [0.1, 0.15) is 50.0 Å². The minimum absolute atomic E-state index is 0.0402. The molecule has 6 heteroatoms. The Kier molecular flexibility index (Phi) is 6.51. The lowest BCUT2D eigenvalue weighted by atomic mass is 9.86. The summed E-state index contributed by atoms with van der Waals surface area (Å²) in [5, 5.41) is 2.88. The van der Waals surface area contributed by atoms with E-state index >= 15 is 0 Å². The standard InChI is InChI=1S/C20H31N3O3/c1-6-9-21-19(25)23-12-10-22(11-13-23)18(24)16-14-15(20(2,3)4)7-8-17(16)26-5/h7-8,14H,6,9-13H2,1-5H3,(H,21,25). The number of hydrogen-bond acceptors (Lipinski definition) is 3. The van der Waals surface area contributed by atoms with Crippen molar-refractivity contribution in [3.8, 4) is 5.75 Å². The van der Waals surface area contributed by atoms with Crippen molar-refractivity contribution in [3.63, 3.8) is 0 Å². The summed E-state index contributed by atoms with van der Waals surface area (Å²) in [4.78, 5) is 28.6. The summed E-state index contributed by atoms with van der Waals surface area (Å²) < 4.78 is 5.41. The Morgan fingerprint density at radius 1 is 1.12 bits per heavy atom. The summed E-state index contributed by atoms with van der Waals surface area (Å²) in [6.07, 6.45) is 0.911. The number of hydrogen-bond donors (Lipinski definition) is 1. The zero-order valence-electron chi connectivity index (χ0n) is 16.6. The lowest BCUT2D eigenvalue weighted by Gasteiger charge is -2.35. The molecule has 0 unspecified atom stereocenters. The molecule has 0 spiro atoms. The smallest absolute Gasteiger partial charge is 0.317 e. The topological polar surface area (TPSA) is 61.9 Å². The van der Waals surface area contributed by atoms with E-state index in [4.69, 9.17) is 4.74 Å². The van der Waals surface area contributed by atoms with Crippen LogP contribution in [-0.4, -0.2) is 61.6 Å². The number of nitrogens with zero attached hydrogens (tertiary/aromatic N) is 2. The van der Waals surface area contributed by atoms with Gasteiger partial charge in [0.15, 0.2) is 0 Å². The molecule has 0 aromatic heterocycles. The fourth-order valence-corrected chi connectivity index (χ4v) is 2.97. The third kappa shape index (κ3) is 4.68. The van der Waals surface area contributed by atoms with Crippen molar-refractivity contribution in [1.29, 1.82) is 0 Å². The average Bonchev–Trinajstić information content (AvgIpc) is 2.64. The molecule has 0 bridgehead atoms. The summed E-state index contributed by atoms with van der Waals surface area (Å²) in [5.41, 5.74) is 1.64. The van der Waals surface area contributed by atoms with Gasteiger partial charge in [0.2, 0.25) is 0 Å². The highest BCUT2D eigenvalue weighted by Gasteiger charge is 2.27. The molecule has 2 rings (SSSR count). The van der Waals surface area contributed by atoms with Gasteiger partial charge in [0.05, 0.1) is 12.7 Å². The maximum absolute atomic E-state index is 13.0. The maximum Gasteiger partial charge on any atom is 0.317 e. The van der Waals surface area contributed by atoms with E-state index in [9.17, 15) is 9.59 Å². The van der Waals surface area contributed by atoms with E-state index in [1.165, 1.54) is 0 Å². The third-order valence-corrected chi connectivity index (χ3v) is 4.68. The summed E-state index contributed by atoms with van der Waals surface area (Å²) in [5.74, 6) is 0.549. The molecule has 0 saturated carbocycles. The van der Waals surface area contributed by atoms with Crippen LogP contribution in [0.3, 0.4) is 0 Å². The molecule has 0 atom stereocenters. The normalized spacial score (nSPS) is 15.0. The Hall–Kier alpha value is -2.24. The van der Waals surface area contributed by atoms with E-state index in [0.29, 0.717) is 44.0 Å². The van der Waals surface area contributed by atoms with E-state index < -0.39 is 0 Å². The van der Waals surface area contributed by atoms with Crippen LogP contribution in [0.5, 0.6) is 5.75 Å². The number of piperazine rings is 1. The number of carbonyl (C=O) groups is 2. The van der Waals surface area contributed by atoms with Crippen LogP contribution in [0.4, 0.5) is 4.79 Å². The summed E-state index contributed by atoms with van der Waals surface area (Å²) in [7, 11) is 1.58.